The van der Waals surface area contributed by atoms with Gasteiger partial charge in [0.2, 0.25) is 0 Å². The Morgan fingerprint density at radius 1 is 1.09 bits per heavy atom. The molecular formula is C26H29FN6O. The normalized spacial score (nSPS) is 15.4. The molecule has 1 aromatic carbocycles. The Hall–Kier alpha value is -3.52. The van der Waals surface area contributed by atoms with Crippen molar-refractivity contribution in [1.82, 2.24) is 20.6 Å². The number of hydrogen-bond acceptors (Lipinski definition) is 6. The van der Waals surface area contributed by atoms with Gasteiger partial charge in [-0.2, -0.15) is 0 Å². The number of amides is 1. The fraction of sp³-hybridized carbons (Fsp3) is 0.346. The Bertz CT molecular complexity index is 1220. The number of fused-ring (bicyclic) bond motifs is 1. The van der Waals surface area contributed by atoms with Crippen LogP contribution in [0.2, 0.25) is 0 Å². The van der Waals surface area contributed by atoms with Gasteiger partial charge in [-0.3, -0.25) is 4.79 Å². The van der Waals surface area contributed by atoms with Gasteiger partial charge >= 0.3 is 0 Å². The molecule has 2 aliphatic rings. The number of nitrogens with zero attached hydrogens (tertiary/aromatic N) is 2. The van der Waals surface area contributed by atoms with Gasteiger partial charge in [0.1, 0.15) is 17.3 Å². The number of nitrogens with one attached hydrogen (secondary N) is 4. The smallest absolute Gasteiger partial charge is 0.255 e. The maximum absolute atomic E-state index is 14.4. The molecule has 0 bridgehead atoms. The minimum atomic E-state index is -1.57. The van der Waals surface area contributed by atoms with E-state index in [1.165, 1.54) is 25.0 Å². The van der Waals surface area contributed by atoms with E-state index in [0.29, 0.717) is 28.6 Å². The van der Waals surface area contributed by atoms with Crippen molar-refractivity contribution in [3.8, 4) is 0 Å². The lowest BCUT2D eigenvalue weighted by atomic mass is 10.0. The van der Waals surface area contributed by atoms with Crippen molar-refractivity contribution in [3.05, 3.63) is 71.0 Å². The maximum atomic E-state index is 14.4. The van der Waals surface area contributed by atoms with Crippen LogP contribution in [0.5, 0.6) is 0 Å². The van der Waals surface area contributed by atoms with Crippen LogP contribution in [0.15, 0.2) is 48.7 Å². The summed E-state index contributed by atoms with van der Waals surface area (Å²) in [5.74, 6) is 0.864. The molecule has 0 saturated heterocycles. The van der Waals surface area contributed by atoms with Gasteiger partial charge in [-0.15, -0.1) is 0 Å². The maximum Gasteiger partial charge on any atom is 0.255 e. The Morgan fingerprint density at radius 2 is 1.94 bits per heavy atom. The lowest BCUT2D eigenvalue weighted by Gasteiger charge is -2.19. The summed E-state index contributed by atoms with van der Waals surface area (Å²) in [6.07, 6.45) is 4.56. The summed E-state index contributed by atoms with van der Waals surface area (Å²) >= 11 is 0. The highest BCUT2D eigenvalue weighted by Gasteiger charge is 2.26. The van der Waals surface area contributed by atoms with Gasteiger partial charge < -0.3 is 21.3 Å². The molecule has 3 heterocycles. The highest BCUT2D eigenvalue weighted by Crippen LogP contribution is 2.29. The minimum Gasteiger partial charge on any atom is -0.349 e. The van der Waals surface area contributed by atoms with E-state index in [4.69, 9.17) is 0 Å². The van der Waals surface area contributed by atoms with Crippen LogP contribution in [0.25, 0.3) is 0 Å². The number of carbonyl (C=O) groups excluding carboxylic acids is 1. The van der Waals surface area contributed by atoms with Crippen LogP contribution in [0, 0.1) is 0 Å². The first-order chi connectivity index (χ1) is 16.3. The number of benzene rings is 1. The molecule has 176 valence electrons. The van der Waals surface area contributed by atoms with Gasteiger partial charge in [0.15, 0.2) is 0 Å². The third-order valence-electron chi connectivity index (χ3n) is 6.05. The first kappa shape index (κ1) is 22.3. The number of carbonyl (C=O) groups is 1. The van der Waals surface area contributed by atoms with E-state index in [1.807, 2.05) is 6.07 Å². The second-order valence-corrected chi connectivity index (χ2v) is 9.40. The van der Waals surface area contributed by atoms with Crippen LogP contribution in [-0.2, 0) is 18.6 Å². The molecule has 3 aromatic rings. The Kier molecular flexibility index (Phi) is 5.91. The zero-order chi connectivity index (χ0) is 23.7. The van der Waals surface area contributed by atoms with E-state index in [-0.39, 0.29) is 11.9 Å². The summed E-state index contributed by atoms with van der Waals surface area (Å²) in [6.45, 7) is 4.78. The van der Waals surface area contributed by atoms with Crippen molar-refractivity contribution in [3.63, 3.8) is 0 Å². The molecule has 1 aliphatic heterocycles. The summed E-state index contributed by atoms with van der Waals surface area (Å²) in [7, 11) is 0. The molecule has 7 nitrogen and oxygen atoms in total. The van der Waals surface area contributed by atoms with E-state index in [0.717, 1.165) is 38.0 Å². The first-order valence-electron chi connectivity index (χ1n) is 11.7. The zero-order valence-electron chi connectivity index (χ0n) is 19.4. The van der Waals surface area contributed by atoms with Crippen molar-refractivity contribution < 1.29 is 9.18 Å². The second-order valence-electron chi connectivity index (χ2n) is 9.40. The van der Waals surface area contributed by atoms with Crippen molar-refractivity contribution in [1.29, 1.82) is 0 Å². The standard InChI is InChI=1S/C26H29FN6O/c1-26(2,27)22-4-3-5-23(33-22)32-21-13-24(29-15-20(21)25(34)31-18-8-9-18)30-19-7-6-16-10-11-28-14-17(16)12-19/h3-7,12-13,15,18,28H,8-11,14H2,1-2H3,(H,31,34)(H2,29,30,32,33). The van der Waals surface area contributed by atoms with Crippen molar-refractivity contribution in [2.24, 2.45) is 0 Å². The number of rotatable bonds is 7. The first-order valence-corrected chi connectivity index (χ1v) is 11.7. The predicted octanol–water partition coefficient (Wildman–Crippen LogP) is 4.71. The third-order valence-corrected chi connectivity index (χ3v) is 6.05. The van der Waals surface area contributed by atoms with Crippen molar-refractivity contribution in [2.75, 3.05) is 17.2 Å². The molecule has 1 saturated carbocycles. The third kappa shape index (κ3) is 5.17. The summed E-state index contributed by atoms with van der Waals surface area (Å²) in [5, 5.41) is 13.0. The SMILES string of the molecule is CC(C)(F)c1cccc(Nc2cc(Nc3ccc4c(c3)CNCC4)ncc2C(=O)NC2CC2)n1. The van der Waals surface area contributed by atoms with Gasteiger partial charge in [0, 0.05) is 30.5 Å². The Labute approximate surface area is 198 Å². The topological polar surface area (TPSA) is 91.0 Å². The highest BCUT2D eigenvalue weighted by molar-refractivity contribution is 6.00. The largest absolute Gasteiger partial charge is 0.349 e. The summed E-state index contributed by atoms with van der Waals surface area (Å²) in [5.41, 5.74) is 3.26. The van der Waals surface area contributed by atoms with E-state index in [1.54, 1.807) is 30.5 Å². The predicted molar refractivity (Wildman–Crippen MR) is 132 cm³/mol. The average molecular weight is 461 g/mol. The minimum absolute atomic E-state index is 0.189. The van der Waals surface area contributed by atoms with Crippen LogP contribution in [0.1, 0.15) is 53.9 Å². The van der Waals surface area contributed by atoms with Crippen LogP contribution in [-0.4, -0.2) is 28.5 Å². The lowest BCUT2D eigenvalue weighted by molar-refractivity contribution is 0.0951. The second kappa shape index (κ2) is 9.02. The van der Waals surface area contributed by atoms with Crippen LogP contribution in [0.4, 0.5) is 27.4 Å². The zero-order valence-corrected chi connectivity index (χ0v) is 19.4. The molecule has 0 spiro atoms. The number of anilines is 4. The average Bonchev–Trinajstić information content (AvgIpc) is 3.63. The summed E-state index contributed by atoms with van der Waals surface area (Å²) in [4.78, 5) is 21.8. The molecular weight excluding hydrogens is 431 g/mol. The summed E-state index contributed by atoms with van der Waals surface area (Å²) < 4.78 is 14.4. The fourth-order valence-electron chi connectivity index (χ4n) is 3.98. The molecule has 0 unspecified atom stereocenters. The number of hydrogen-bond donors (Lipinski definition) is 4. The van der Waals surface area contributed by atoms with E-state index >= 15 is 0 Å². The van der Waals surface area contributed by atoms with E-state index < -0.39 is 5.67 Å². The molecule has 1 amide bonds. The van der Waals surface area contributed by atoms with Crippen LogP contribution < -0.4 is 21.3 Å². The Morgan fingerprint density at radius 3 is 2.74 bits per heavy atom. The van der Waals surface area contributed by atoms with Gasteiger partial charge in [0.05, 0.1) is 16.9 Å². The number of aromatic nitrogens is 2. The van der Waals surface area contributed by atoms with E-state index in [2.05, 4.69) is 43.4 Å². The monoisotopic (exact) mass is 460 g/mol. The highest BCUT2D eigenvalue weighted by atomic mass is 19.1. The van der Waals surface area contributed by atoms with Gasteiger partial charge in [-0.05, 0) is 75.0 Å². The molecule has 34 heavy (non-hydrogen) atoms. The molecule has 1 fully saturated rings. The molecule has 5 rings (SSSR count). The number of alkyl halides is 1. The number of pyridine rings is 2. The molecule has 8 heteroatoms. The van der Waals surface area contributed by atoms with Crippen LogP contribution >= 0.6 is 0 Å². The van der Waals surface area contributed by atoms with Gasteiger partial charge in [0.25, 0.3) is 5.91 Å². The molecule has 2 aromatic heterocycles. The van der Waals surface area contributed by atoms with Gasteiger partial charge in [-0.25, -0.2) is 14.4 Å². The number of halogens is 1. The molecule has 0 radical (unpaired) electrons. The molecule has 4 N–H and O–H groups in total. The summed E-state index contributed by atoms with van der Waals surface area (Å²) in [6, 6.07) is 13.5. The molecule has 0 atom stereocenters. The quantitative estimate of drug-likeness (QED) is 0.408. The Balaban J connectivity index is 1.44. The lowest BCUT2D eigenvalue weighted by Crippen LogP contribution is -2.26. The molecule has 1 aliphatic carbocycles. The fourth-order valence-corrected chi connectivity index (χ4v) is 3.98. The van der Waals surface area contributed by atoms with Gasteiger partial charge in [-0.1, -0.05) is 12.1 Å². The van der Waals surface area contributed by atoms with Crippen molar-refractivity contribution >= 4 is 28.9 Å². The van der Waals surface area contributed by atoms with E-state index in [9.17, 15) is 9.18 Å². The van der Waals surface area contributed by atoms with Crippen LogP contribution in [0.3, 0.4) is 0 Å². The van der Waals surface area contributed by atoms with Crippen molar-refractivity contribution in [2.45, 2.75) is 51.4 Å².